The van der Waals surface area contributed by atoms with Crippen LogP contribution < -0.4 is 10.1 Å². The molecule has 12 heteroatoms. The van der Waals surface area contributed by atoms with E-state index >= 15 is 0 Å². The summed E-state index contributed by atoms with van der Waals surface area (Å²) in [4.78, 5) is 25.6. The van der Waals surface area contributed by atoms with E-state index in [1.807, 2.05) is 6.92 Å². The Morgan fingerprint density at radius 2 is 2.03 bits per heavy atom. The van der Waals surface area contributed by atoms with Crippen molar-refractivity contribution in [3.63, 3.8) is 0 Å². The smallest absolute Gasteiger partial charge is 0.387 e. The number of rotatable bonds is 11. The van der Waals surface area contributed by atoms with Gasteiger partial charge in [0.25, 0.3) is 0 Å². The number of aryl methyl sites for hydroxylation is 1. The van der Waals surface area contributed by atoms with Crippen molar-refractivity contribution in [1.29, 1.82) is 0 Å². The summed E-state index contributed by atoms with van der Waals surface area (Å²) in [5.41, 5.74) is 0.958. The molecule has 0 aliphatic heterocycles. The third-order valence-electron chi connectivity index (χ3n) is 4.30. The number of alkyl halides is 2. The molecule has 0 fully saturated rings. The molecule has 2 heterocycles. The van der Waals surface area contributed by atoms with Crippen LogP contribution in [0.4, 0.5) is 13.8 Å². The van der Waals surface area contributed by atoms with Crippen molar-refractivity contribution in [3.8, 4) is 17.1 Å². The highest BCUT2D eigenvalue weighted by Gasteiger charge is 2.19. The Labute approximate surface area is 203 Å². The lowest BCUT2D eigenvalue weighted by atomic mass is 10.2. The molecule has 0 unspecified atom stereocenters. The molecule has 0 aliphatic carbocycles. The van der Waals surface area contributed by atoms with Gasteiger partial charge in [-0.2, -0.15) is 8.78 Å². The van der Waals surface area contributed by atoms with Crippen molar-refractivity contribution in [1.82, 2.24) is 14.8 Å². The molecular weight excluding hydrogens is 486 g/mol. The number of aromatic nitrogens is 3. The van der Waals surface area contributed by atoms with Gasteiger partial charge >= 0.3 is 12.6 Å². The van der Waals surface area contributed by atoms with Crippen LogP contribution in [-0.2, 0) is 16.1 Å². The summed E-state index contributed by atoms with van der Waals surface area (Å²) >= 11 is 2.46. The van der Waals surface area contributed by atoms with Crippen molar-refractivity contribution >= 4 is 40.0 Å². The number of nitrogens with zero attached hydrogens (tertiary/aromatic N) is 3. The van der Waals surface area contributed by atoms with Gasteiger partial charge in [-0.15, -0.1) is 28.1 Å². The molecule has 0 atom stereocenters. The summed E-state index contributed by atoms with van der Waals surface area (Å²) in [6.07, 6.45) is 1.66. The Morgan fingerprint density at radius 1 is 1.29 bits per heavy atom. The molecule has 0 saturated carbocycles. The van der Waals surface area contributed by atoms with Gasteiger partial charge in [-0.1, -0.05) is 17.8 Å². The summed E-state index contributed by atoms with van der Waals surface area (Å²) in [7, 11) is 0. The fourth-order valence-corrected chi connectivity index (χ4v) is 4.61. The maximum Gasteiger partial charge on any atom is 0.387 e. The third kappa shape index (κ3) is 6.41. The van der Waals surface area contributed by atoms with Crippen LogP contribution in [0.5, 0.6) is 5.75 Å². The Hall–Kier alpha value is -3.25. The zero-order chi connectivity index (χ0) is 24.7. The van der Waals surface area contributed by atoms with Crippen LogP contribution in [0.2, 0.25) is 0 Å². The van der Waals surface area contributed by atoms with Crippen molar-refractivity contribution < 1.29 is 27.8 Å². The Balaban J connectivity index is 1.71. The number of ether oxygens (including phenoxy) is 2. The summed E-state index contributed by atoms with van der Waals surface area (Å²) in [6.45, 7) is 5.00. The summed E-state index contributed by atoms with van der Waals surface area (Å²) in [5, 5.41) is 12.0. The second-order valence-electron chi connectivity index (χ2n) is 6.77. The highest BCUT2D eigenvalue weighted by molar-refractivity contribution is 7.99. The standard InChI is InChI=1S/C22H22F2N4O4S2/c1-4-10-28-18(14-6-8-15(9-7-14)32-21(23)24)26-27-22(28)33-12-17(29)25-19-16(11-13(3)34-19)20(30)31-5-2/h4,6-9,11,21H,1,5,10,12H2,2-3H3,(H,25,29). The van der Waals surface area contributed by atoms with E-state index in [2.05, 4.69) is 26.8 Å². The molecule has 0 saturated heterocycles. The number of nitrogens with one attached hydrogen (secondary N) is 1. The van der Waals surface area contributed by atoms with Crippen LogP contribution in [0, 0.1) is 6.92 Å². The number of anilines is 1. The van der Waals surface area contributed by atoms with Gasteiger partial charge < -0.3 is 14.8 Å². The van der Waals surface area contributed by atoms with Crippen molar-refractivity contribution in [3.05, 3.63) is 53.4 Å². The number of benzene rings is 1. The monoisotopic (exact) mass is 508 g/mol. The molecule has 8 nitrogen and oxygen atoms in total. The zero-order valence-corrected chi connectivity index (χ0v) is 20.0. The number of carbonyl (C=O) groups is 2. The molecule has 0 bridgehead atoms. The van der Waals surface area contributed by atoms with Crippen LogP contribution in [0.15, 0.2) is 48.1 Å². The van der Waals surface area contributed by atoms with Gasteiger partial charge in [-0.3, -0.25) is 9.36 Å². The first-order valence-corrected chi connectivity index (χ1v) is 11.9. The quantitative estimate of drug-likeness (QED) is 0.221. The first-order valence-electron chi connectivity index (χ1n) is 10.1. The normalized spacial score (nSPS) is 10.9. The highest BCUT2D eigenvalue weighted by Crippen LogP contribution is 2.30. The minimum Gasteiger partial charge on any atom is -0.462 e. The minimum atomic E-state index is -2.91. The van der Waals surface area contributed by atoms with Crippen molar-refractivity contribution in [2.75, 3.05) is 17.7 Å². The SMILES string of the molecule is C=CCn1c(SCC(=O)Nc2sc(C)cc2C(=O)OCC)nnc1-c1ccc(OC(F)F)cc1. The minimum absolute atomic E-state index is 0.0235. The fourth-order valence-electron chi connectivity index (χ4n) is 2.95. The zero-order valence-electron chi connectivity index (χ0n) is 18.4. The van der Waals surface area contributed by atoms with Crippen LogP contribution in [0.1, 0.15) is 22.2 Å². The van der Waals surface area contributed by atoms with Gasteiger partial charge in [0.2, 0.25) is 5.91 Å². The maximum atomic E-state index is 12.6. The van der Waals surface area contributed by atoms with Gasteiger partial charge in [-0.25, -0.2) is 4.79 Å². The largest absolute Gasteiger partial charge is 0.462 e. The molecule has 0 aliphatic rings. The molecule has 3 rings (SSSR count). The van der Waals surface area contributed by atoms with Gasteiger partial charge in [0.05, 0.1) is 17.9 Å². The van der Waals surface area contributed by atoms with Gasteiger partial charge in [-0.05, 0) is 44.2 Å². The second-order valence-corrected chi connectivity index (χ2v) is 8.96. The number of esters is 1. The molecule has 34 heavy (non-hydrogen) atoms. The van der Waals surface area contributed by atoms with Gasteiger partial charge in [0.1, 0.15) is 10.8 Å². The maximum absolute atomic E-state index is 12.6. The lowest BCUT2D eigenvalue weighted by Gasteiger charge is -2.09. The third-order valence-corrected chi connectivity index (χ3v) is 6.23. The number of halogens is 2. The lowest BCUT2D eigenvalue weighted by Crippen LogP contribution is -2.16. The lowest BCUT2D eigenvalue weighted by molar-refractivity contribution is -0.113. The van der Waals surface area contributed by atoms with Crippen molar-refractivity contribution in [2.45, 2.75) is 32.2 Å². The predicted molar refractivity (Wildman–Crippen MR) is 127 cm³/mol. The van der Waals surface area contributed by atoms with E-state index in [-0.39, 0.29) is 24.0 Å². The van der Waals surface area contributed by atoms with Crippen molar-refractivity contribution in [2.24, 2.45) is 0 Å². The molecule has 0 radical (unpaired) electrons. The average Bonchev–Trinajstić information content (AvgIpc) is 3.36. The molecular formula is C22H22F2N4O4S2. The molecule has 3 aromatic rings. The fraction of sp³-hybridized carbons (Fsp3) is 0.273. The number of thioether (sulfide) groups is 1. The van der Waals surface area contributed by atoms with Crippen LogP contribution in [0.3, 0.4) is 0 Å². The molecule has 2 aromatic heterocycles. The van der Waals surface area contributed by atoms with E-state index < -0.39 is 12.6 Å². The molecule has 1 N–H and O–H groups in total. The van der Waals surface area contributed by atoms with E-state index in [0.717, 1.165) is 4.88 Å². The Morgan fingerprint density at radius 3 is 2.68 bits per heavy atom. The average molecular weight is 509 g/mol. The van der Waals surface area contributed by atoms with E-state index in [0.29, 0.717) is 33.7 Å². The number of hydrogen-bond donors (Lipinski definition) is 1. The second kappa shape index (κ2) is 11.7. The predicted octanol–water partition coefficient (Wildman–Crippen LogP) is 5.01. The van der Waals surface area contributed by atoms with E-state index in [1.165, 1.54) is 35.2 Å². The topological polar surface area (TPSA) is 95.3 Å². The van der Waals surface area contributed by atoms with Crippen LogP contribution >= 0.6 is 23.1 Å². The summed E-state index contributed by atoms with van der Waals surface area (Å²) in [5.74, 6) is -0.262. The number of carbonyl (C=O) groups excluding carboxylic acids is 2. The Bertz CT molecular complexity index is 1160. The molecule has 0 spiro atoms. The van der Waals surface area contributed by atoms with Crippen LogP contribution in [-0.4, -0.2) is 45.6 Å². The van der Waals surface area contributed by atoms with E-state index in [1.54, 1.807) is 35.8 Å². The van der Waals surface area contributed by atoms with Gasteiger partial charge in [0, 0.05) is 17.0 Å². The van der Waals surface area contributed by atoms with Crippen LogP contribution in [0.25, 0.3) is 11.4 Å². The number of hydrogen-bond acceptors (Lipinski definition) is 8. The molecule has 1 aromatic carbocycles. The van der Waals surface area contributed by atoms with E-state index in [9.17, 15) is 18.4 Å². The van der Waals surface area contributed by atoms with E-state index in [4.69, 9.17) is 4.74 Å². The molecule has 1 amide bonds. The molecule has 180 valence electrons. The Kier molecular flexibility index (Phi) is 8.77. The van der Waals surface area contributed by atoms with Gasteiger partial charge in [0.15, 0.2) is 11.0 Å². The first-order chi connectivity index (χ1) is 16.3. The number of amides is 1. The first kappa shape index (κ1) is 25.4. The highest BCUT2D eigenvalue weighted by atomic mass is 32.2. The summed E-state index contributed by atoms with van der Waals surface area (Å²) in [6, 6.07) is 7.70. The summed E-state index contributed by atoms with van der Waals surface area (Å²) < 4.78 is 35.9. The number of thiophene rings is 1. The number of allylic oxidation sites excluding steroid dienone is 1.